The fourth-order valence-electron chi connectivity index (χ4n) is 2.67. The first-order valence-corrected chi connectivity index (χ1v) is 6.39. The van der Waals surface area contributed by atoms with Crippen LogP contribution >= 0.6 is 0 Å². The van der Waals surface area contributed by atoms with E-state index in [9.17, 15) is 0 Å². The number of ether oxygens (including phenoxy) is 1. The van der Waals surface area contributed by atoms with Gasteiger partial charge in [-0.3, -0.25) is 0 Å². The number of aryl methyl sites for hydroxylation is 1. The number of aromatic amines is 1. The van der Waals surface area contributed by atoms with Gasteiger partial charge in [0.25, 0.3) is 0 Å². The second-order valence-electron chi connectivity index (χ2n) is 4.80. The van der Waals surface area contributed by atoms with Gasteiger partial charge in [0.2, 0.25) is 0 Å². The summed E-state index contributed by atoms with van der Waals surface area (Å²) < 4.78 is 5.61. The van der Waals surface area contributed by atoms with Gasteiger partial charge in [-0.2, -0.15) is 0 Å². The van der Waals surface area contributed by atoms with Crippen LogP contribution in [0, 0.1) is 6.92 Å². The van der Waals surface area contributed by atoms with Crippen molar-refractivity contribution in [2.75, 3.05) is 6.61 Å². The summed E-state index contributed by atoms with van der Waals surface area (Å²) in [7, 11) is 0. The van der Waals surface area contributed by atoms with Crippen LogP contribution in [0.4, 0.5) is 0 Å². The summed E-state index contributed by atoms with van der Waals surface area (Å²) in [6.45, 7) is 2.86. The van der Waals surface area contributed by atoms with Gasteiger partial charge in [-0.1, -0.05) is 0 Å². The number of hydrogen-bond donors (Lipinski definition) is 1. The Morgan fingerprint density at radius 1 is 1.32 bits per heavy atom. The highest BCUT2D eigenvalue weighted by molar-refractivity contribution is 5.89. The highest BCUT2D eigenvalue weighted by atomic mass is 16.5. The predicted molar refractivity (Wildman–Crippen MR) is 73.3 cm³/mol. The Balaban J connectivity index is 2.05. The molecule has 0 spiro atoms. The average molecular weight is 251 g/mol. The molecule has 0 aliphatic carbocycles. The zero-order valence-corrected chi connectivity index (χ0v) is 10.6. The van der Waals surface area contributed by atoms with E-state index in [0.717, 1.165) is 35.8 Å². The first-order chi connectivity index (χ1) is 9.33. The van der Waals surface area contributed by atoms with Crippen molar-refractivity contribution in [3.8, 4) is 17.3 Å². The molecule has 2 aromatic heterocycles. The molecule has 19 heavy (non-hydrogen) atoms. The average Bonchev–Trinajstić information content (AvgIpc) is 3.09. The van der Waals surface area contributed by atoms with Crippen molar-refractivity contribution in [3.63, 3.8) is 0 Å². The third-order valence-corrected chi connectivity index (χ3v) is 3.60. The van der Waals surface area contributed by atoms with Crippen molar-refractivity contribution in [1.29, 1.82) is 0 Å². The van der Waals surface area contributed by atoms with Crippen molar-refractivity contribution in [2.45, 2.75) is 13.3 Å². The SMILES string of the molecule is Cc1cc(-c2ncc[nH]2)nc2c3c(ccc12)OCC3. The quantitative estimate of drug-likeness (QED) is 0.723. The first-order valence-electron chi connectivity index (χ1n) is 6.39. The van der Waals surface area contributed by atoms with E-state index in [0.29, 0.717) is 0 Å². The van der Waals surface area contributed by atoms with Gasteiger partial charge >= 0.3 is 0 Å². The van der Waals surface area contributed by atoms with Gasteiger partial charge in [0.1, 0.15) is 11.4 Å². The maximum atomic E-state index is 5.61. The molecule has 0 radical (unpaired) electrons. The van der Waals surface area contributed by atoms with E-state index in [2.05, 4.69) is 29.0 Å². The van der Waals surface area contributed by atoms with Crippen LogP contribution in [0.1, 0.15) is 11.1 Å². The number of pyridine rings is 1. The zero-order valence-electron chi connectivity index (χ0n) is 10.6. The molecule has 4 nitrogen and oxygen atoms in total. The Kier molecular flexibility index (Phi) is 2.12. The van der Waals surface area contributed by atoms with E-state index in [1.165, 1.54) is 16.5 Å². The molecule has 4 rings (SSSR count). The predicted octanol–water partition coefficient (Wildman–Crippen LogP) is 2.87. The Hall–Kier alpha value is -2.36. The molecule has 3 aromatic rings. The summed E-state index contributed by atoms with van der Waals surface area (Å²) >= 11 is 0. The maximum absolute atomic E-state index is 5.61. The summed E-state index contributed by atoms with van der Waals surface area (Å²) in [6, 6.07) is 6.21. The second kappa shape index (κ2) is 3.82. The molecule has 0 saturated carbocycles. The van der Waals surface area contributed by atoms with Crippen LogP contribution in [0.15, 0.2) is 30.6 Å². The van der Waals surface area contributed by atoms with E-state index in [-0.39, 0.29) is 0 Å². The van der Waals surface area contributed by atoms with Gasteiger partial charge < -0.3 is 9.72 Å². The normalized spacial score (nSPS) is 13.5. The highest BCUT2D eigenvalue weighted by Gasteiger charge is 2.18. The van der Waals surface area contributed by atoms with E-state index >= 15 is 0 Å². The minimum atomic E-state index is 0.750. The molecule has 0 saturated heterocycles. The van der Waals surface area contributed by atoms with E-state index < -0.39 is 0 Å². The molecule has 0 amide bonds. The van der Waals surface area contributed by atoms with Gasteiger partial charge in [-0.05, 0) is 30.7 Å². The van der Waals surface area contributed by atoms with Gasteiger partial charge in [-0.15, -0.1) is 0 Å². The number of nitrogens with one attached hydrogen (secondary N) is 1. The third kappa shape index (κ3) is 1.53. The zero-order chi connectivity index (χ0) is 12.8. The van der Waals surface area contributed by atoms with Gasteiger partial charge in [-0.25, -0.2) is 9.97 Å². The number of aromatic nitrogens is 3. The summed E-state index contributed by atoms with van der Waals surface area (Å²) in [5.41, 5.74) is 4.36. The molecule has 0 fully saturated rings. The molecular weight excluding hydrogens is 238 g/mol. The van der Waals surface area contributed by atoms with Crippen LogP contribution in [-0.2, 0) is 6.42 Å². The van der Waals surface area contributed by atoms with Gasteiger partial charge in [0.05, 0.1) is 12.1 Å². The molecule has 3 heterocycles. The van der Waals surface area contributed by atoms with Crippen LogP contribution in [0.25, 0.3) is 22.4 Å². The number of H-pyrrole nitrogens is 1. The topological polar surface area (TPSA) is 50.8 Å². The number of nitrogens with zero attached hydrogens (tertiary/aromatic N) is 2. The summed E-state index contributed by atoms with van der Waals surface area (Å²) in [6.07, 6.45) is 4.49. The van der Waals surface area contributed by atoms with E-state index in [1.807, 2.05) is 12.3 Å². The van der Waals surface area contributed by atoms with Crippen LogP contribution in [0.2, 0.25) is 0 Å². The summed E-state index contributed by atoms with van der Waals surface area (Å²) in [5, 5.41) is 1.19. The number of benzene rings is 1. The molecule has 1 N–H and O–H groups in total. The smallest absolute Gasteiger partial charge is 0.156 e. The fraction of sp³-hybridized carbons (Fsp3) is 0.200. The minimum Gasteiger partial charge on any atom is -0.493 e. The fourth-order valence-corrected chi connectivity index (χ4v) is 2.67. The molecular formula is C15H13N3O. The Labute approximate surface area is 110 Å². The molecule has 4 heteroatoms. The Bertz CT molecular complexity index is 763. The van der Waals surface area contributed by atoms with E-state index in [1.54, 1.807) is 6.20 Å². The maximum Gasteiger partial charge on any atom is 0.156 e. The van der Waals surface area contributed by atoms with Crippen molar-refractivity contribution in [1.82, 2.24) is 15.0 Å². The Morgan fingerprint density at radius 2 is 2.26 bits per heavy atom. The molecule has 1 aromatic carbocycles. The van der Waals surface area contributed by atoms with E-state index in [4.69, 9.17) is 9.72 Å². The van der Waals surface area contributed by atoms with Crippen molar-refractivity contribution in [3.05, 3.63) is 41.7 Å². The number of hydrogen-bond acceptors (Lipinski definition) is 3. The molecule has 0 unspecified atom stereocenters. The van der Waals surface area contributed by atoms with Gasteiger partial charge in [0, 0.05) is 29.8 Å². The summed E-state index contributed by atoms with van der Waals surface area (Å²) in [4.78, 5) is 12.2. The lowest BCUT2D eigenvalue weighted by molar-refractivity contribution is 0.357. The minimum absolute atomic E-state index is 0.750. The molecule has 1 aliphatic heterocycles. The number of rotatable bonds is 1. The molecule has 0 bridgehead atoms. The van der Waals surface area contributed by atoms with Gasteiger partial charge in [0.15, 0.2) is 5.82 Å². The largest absolute Gasteiger partial charge is 0.493 e. The monoisotopic (exact) mass is 251 g/mol. The van der Waals surface area contributed by atoms with Crippen LogP contribution in [0.5, 0.6) is 5.75 Å². The summed E-state index contributed by atoms with van der Waals surface area (Å²) in [5.74, 6) is 1.78. The van der Waals surface area contributed by atoms with Crippen LogP contribution < -0.4 is 4.74 Å². The first kappa shape index (κ1) is 10.6. The van der Waals surface area contributed by atoms with Crippen LogP contribution in [0.3, 0.4) is 0 Å². The third-order valence-electron chi connectivity index (χ3n) is 3.60. The molecule has 1 aliphatic rings. The number of imidazole rings is 1. The lowest BCUT2D eigenvalue weighted by Gasteiger charge is -2.08. The molecule has 0 atom stereocenters. The lowest BCUT2D eigenvalue weighted by atomic mass is 10.0. The lowest BCUT2D eigenvalue weighted by Crippen LogP contribution is -1.93. The van der Waals surface area contributed by atoms with Crippen molar-refractivity contribution in [2.24, 2.45) is 0 Å². The standard InChI is InChI=1S/C15H13N3O/c1-9-8-12(15-16-5-6-17-15)18-14-10(9)2-3-13-11(14)4-7-19-13/h2-3,5-6,8H,4,7H2,1H3,(H,16,17). The van der Waals surface area contributed by atoms with Crippen molar-refractivity contribution >= 4 is 10.9 Å². The van der Waals surface area contributed by atoms with Crippen LogP contribution in [-0.4, -0.2) is 21.6 Å². The highest BCUT2D eigenvalue weighted by Crippen LogP contribution is 2.33. The Morgan fingerprint density at radius 3 is 3.11 bits per heavy atom. The molecule has 94 valence electrons. The van der Waals surface area contributed by atoms with Crippen molar-refractivity contribution < 1.29 is 4.74 Å². The second-order valence-corrected chi connectivity index (χ2v) is 4.80. The number of fused-ring (bicyclic) bond motifs is 3.